The van der Waals surface area contributed by atoms with E-state index in [4.69, 9.17) is 27.6 Å². The molecule has 2 amide bonds. The van der Waals surface area contributed by atoms with Crippen molar-refractivity contribution in [1.29, 1.82) is 0 Å². The summed E-state index contributed by atoms with van der Waals surface area (Å²) in [5, 5.41) is 6.89. The minimum atomic E-state index is -1.03. The molecular weight excluding hydrogens is 393 g/mol. The average molecular weight is 404 g/mol. The Kier molecular flexibility index (Phi) is 5.54. The zero-order chi connectivity index (χ0) is 19.4. The molecule has 1 heterocycles. The lowest BCUT2D eigenvalue weighted by Crippen LogP contribution is -2.32. The van der Waals surface area contributed by atoms with Crippen LogP contribution in [-0.2, 0) is 9.59 Å². The van der Waals surface area contributed by atoms with Crippen LogP contribution in [0.5, 0.6) is 0 Å². The molecule has 0 aliphatic carbocycles. The number of amides is 2. The first-order valence-electron chi connectivity index (χ1n) is 7.55. The van der Waals surface area contributed by atoms with E-state index in [1.165, 1.54) is 24.5 Å². The highest BCUT2D eigenvalue weighted by molar-refractivity contribution is 6.42. The van der Waals surface area contributed by atoms with Crippen molar-refractivity contribution >= 4 is 57.9 Å². The van der Waals surface area contributed by atoms with Crippen LogP contribution in [0, 0.1) is 0 Å². The number of fused-ring (bicyclic) bond motifs is 1. The molecule has 136 valence electrons. The first-order chi connectivity index (χ1) is 13.0. The predicted octanol–water partition coefficient (Wildman–Crippen LogP) is 3.19. The molecule has 27 heavy (non-hydrogen) atoms. The Hall–Kier alpha value is -3.16. The van der Waals surface area contributed by atoms with Gasteiger partial charge >= 0.3 is 11.8 Å². The smallest absolute Gasteiger partial charge is 0.329 e. The third kappa shape index (κ3) is 4.33. The van der Waals surface area contributed by atoms with Gasteiger partial charge in [-0.15, -0.1) is 0 Å². The lowest BCUT2D eigenvalue weighted by atomic mass is 10.2. The van der Waals surface area contributed by atoms with Gasteiger partial charge in [-0.1, -0.05) is 35.3 Å². The molecule has 0 atom stereocenters. The number of hydrogen-bond acceptors (Lipinski definition) is 5. The molecule has 9 heteroatoms. The largest absolute Gasteiger partial charge is 0.463 e. The fourth-order valence-corrected chi connectivity index (χ4v) is 2.45. The lowest BCUT2D eigenvalue weighted by molar-refractivity contribution is -0.136. The van der Waals surface area contributed by atoms with Crippen LogP contribution in [0.3, 0.4) is 0 Å². The van der Waals surface area contributed by atoms with E-state index in [2.05, 4.69) is 10.4 Å². The van der Waals surface area contributed by atoms with Gasteiger partial charge in [0.05, 0.1) is 27.2 Å². The van der Waals surface area contributed by atoms with Crippen LogP contribution < -0.4 is 16.2 Å². The molecule has 0 saturated heterocycles. The summed E-state index contributed by atoms with van der Waals surface area (Å²) < 4.78 is 5.32. The van der Waals surface area contributed by atoms with Crippen LogP contribution in [-0.4, -0.2) is 18.0 Å². The Morgan fingerprint density at radius 2 is 1.81 bits per heavy atom. The van der Waals surface area contributed by atoms with Gasteiger partial charge in [0.1, 0.15) is 11.8 Å². The maximum atomic E-state index is 12.3. The highest BCUT2D eigenvalue weighted by atomic mass is 35.5. The Bertz CT molecular complexity index is 1130. The molecule has 0 unspecified atom stereocenters. The van der Waals surface area contributed by atoms with Gasteiger partial charge in [0.15, 0.2) is 0 Å². The summed E-state index contributed by atoms with van der Waals surface area (Å²) in [6, 6.07) is 11.1. The number of anilines is 1. The lowest BCUT2D eigenvalue weighted by Gasteiger charge is -2.05. The van der Waals surface area contributed by atoms with Crippen LogP contribution in [0.4, 0.5) is 5.69 Å². The minimum Gasteiger partial charge on any atom is -0.463 e. The van der Waals surface area contributed by atoms with E-state index in [-0.39, 0.29) is 16.0 Å². The first-order valence-corrected chi connectivity index (χ1v) is 8.31. The van der Waals surface area contributed by atoms with E-state index in [0.29, 0.717) is 21.7 Å². The van der Waals surface area contributed by atoms with Gasteiger partial charge in [0.25, 0.3) is 0 Å². The van der Waals surface area contributed by atoms with E-state index in [1.54, 1.807) is 24.3 Å². The Labute approximate surface area is 162 Å². The summed E-state index contributed by atoms with van der Waals surface area (Å²) in [6.07, 6.45) is 2.32. The van der Waals surface area contributed by atoms with Crippen LogP contribution in [0.2, 0.25) is 10.0 Å². The molecule has 0 radical (unpaired) electrons. The van der Waals surface area contributed by atoms with Crippen molar-refractivity contribution in [2.45, 2.75) is 0 Å². The van der Waals surface area contributed by atoms with Crippen LogP contribution in [0.25, 0.3) is 11.0 Å². The van der Waals surface area contributed by atoms with Gasteiger partial charge in [-0.05, 0) is 30.3 Å². The van der Waals surface area contributed by atoms with Gasteiger partial charge in [0, 0.05) is 5.69 Å². The van der Waals surface area contributed by atoms with Crippen molar-refractivity contribution in [3.63, 3.8) is 0 Å². The zero-order valence-corrected chi connectivity index (χ0v) is 15.0. The van der Waals surface area contributed by atoms with E-state index in [1.807, 2.05) is 5.43 Å². The third-order valence-corrected chi connectivity index (χ3v) is 4.20. The van der Waals surface area contributed by atoms with Gasteiger partial charge in [-0.3, -0.25) is 14.4 Å². The second-order valence-corrected chi connectivity index (χ2v) is 6.11. The van der Waals surface area contributed by atoms with Crippen LogP contribution in [0.1, 0.15) is 5.56 Å². The summed E-state index contributed by atoms with van der Waals surface area (Å²) in [6.45, 7) is 0. The molecule has 0 aliphatic rings. The number of nitrogens with zero attached hydrogens (tertiary/aromatic N) is 1. The van der Waals surface area contributed by atoms with Gasteiger partial charge in [-0.25, -0.2) is 5.43 Å². The average Bonchev–Trinajstić information content (AvgIpc) is 2.66. The molecule has 3 aromatic rings. The predicted molar refractivity (Wildman–Crippen MR) is 103 cm³/mol. The van der Waals surface area contributed by atoms with E-state index >= 15 is 0 Å². The van der Waals surface area contributed by atoms with Gasteiger partial charge < -0.3 is 9.73 Å². The second kappa shape index (κ2) is 8.03. The van der Waals surface area contributed by atoms with Crippen molar-refractivity contribution in [2.24, 2.45) is 5.10 Å². The molecule has 2 N–H and O–H groups in total. The molecule has 0 bridgehead atoms. The van der Waals surface area contributed by atoms with E-state index in [9.17, 15) is 14.4 Å². The van der Waals surface area contributed by atoms with Gasteiger partial charge in [-0.2, -0.15) is 5.10 Å². The van der Waals surface area contributed by atoms with Crippen molar-refractivity contribution in [2.75, 3.05) is 5.32 Å². The topological polar surface area (TPSA) is 101 Å². The maximum Gasteiger partial charge on any atom is 0.329 e. The van der Waals surface area contributed by atoms with Gasteiger partial charge in [0.2, 0.25) is 5.43 Å². The number of hydrazone groups is 1. The number of halogens is 2. The molecule has 1 aromatic heterocycles. The quantitative estimate of drug-likeness (QED) is 0.398. The Morgan fingerprint density at radius 3 is 2.59 bits per heavy atom. The van der Waals surface area contributed by atoms with Crippen molar-refractivity contribution in [3.8, 4) is 0 Å². The number of hydrogen-bond donors (Lipinski definition) is 2. The molecule has 0 aliphatic heterocycles. The number of carbonyl (C=O) groups excluding carboxylic acids is 2. The number of carbonyl (C=O) groups is 2. The Morgan fingerprint density at radius 1 is 1.04 bits per heavy atom. The monoisotopic (exact) mass is 403 g/mol. The van der Waals surface area contributed by atoms with Crippen molar-refractivity contribution in [3.05, 3.63) is 74.6 Å². The first kappa shape index (κ1) is 18.6. The third-order valence-electron chi connectivity index (χ3n) is 3.46. The number of nitrogens with one attached hydrogen (secondary N) is 2. The molecule has 7 nitrogen and oxygen atoms in total. The Balaban J connectivity index is 1.66. The SMILES string of the molecule is O=C(NN=Cc1coc2ccccc2c1=O)C(=O)Nc1ccc(Cl)c(Cl)c1. The van der Waals surface area contributed by atoms with Crippen LogP contribution >= 0.6 is 23.2 Å². The summed E-state index contributed by atoms with van der Waals surface area (Å²) in [4.78, 5) is 35.9. The number of rotatable bonds is 3. The molecule has 2 aromatic carbocycles. The standard InChI is InChI=1S/C18H11Cl2N3O4/c19-13-6-5-11(7-14(13)20)22-17(25)18(26)23-21-8-10-9-27-15-4-2-1-3-12(15)16(10)24/h1-9H,(H,22,25)(H,23,26). The molecular formula is C18H11Cl2N3O4. The van der Waals surface area contributed by atoms with Crippen LogP contribution in [0.15, 0.2) is 63.0 Å². The molecule has 0 spiro atoms. The second-order valence-electron chi connectivity index (χ2n) is 5.30. The molecule has 0 fully saturated rings. The zero-order valence-electron chi connectivity index (χ0n) is 13.5. The number of benzene rings is 2. The summed E-state index contributed by atoms with van der Waals surface area (Å²) in [5.41, 5.74) is 2.58. The fraction of sp³-hybridized carbons (Fsp3) is 0. The highest BCUT2D eigenvalue weighted by Gasteiger charge is 2.13. The molecule has 3 rings (SSSR count). The van der Waals surface area contributed by atoms with Crippen molar-refractivity contribution in [1.82, 2.24) is 5.43 Å². The normalized spacial score (nSPS) is 10.9. The molecule has 0 saturated carbocycles. The minimum absolute atomic E-state index is 0.124. The summed E-state index contributed by atoms with van der Waals surface area (Å²) >= 11 is 11.6. The van der Waals surface area contributed by atoms with E-state index in [0.717, 1.165) is 6.21 Å². The summed E-state index contributed by atoms with van der Waals surface area (Å²) in [5.74, 6) is -1.99. The van der Waals surface area contributed by atoms with E-state index < -0.39 is 11.8 Å². The highest BCUT2D eigenvalue weighted by Crippen LogP contribution is 2.24. The maximum absolute atomic E-state index is 12.3. The fourth-order valence-electron chi connectivity index (χ4n) is 2.16. The number of para-hydroxylation sites is 1. The van der Waals surface area contributed by atoms with Crippen molar-refractivity contribution < 1.29 is 14.0 Å². The summed E-state index contributed by atoms with van der Waals surface area (Å²) in [7, 11) is 0.